The molecule has 8 heteroatoms. The van der Waals surface area contributed by atoms with Crippen LogP contribution >= 0.6 is 0 Å². The highest BCUT2D eigenvalue weighted by Crippen LogP contribution is 2.30. The number of hydrogen-bond donors (Lipinski definition) is 1. The van der Waals surface area contributed by atoms with Crippen LogP contribution in [0.5, 0.6) is 0 Å². The van der Waals surface area contributed by atoms with Crippen molar-refractivity contribution < 1.29 is 13.2 Å². The van der Waals surface area contributed by atoms with E-state index in [1.165, 1.54) is 16.9 Å². The van der Waals surface area contributed by atoms with Crippen LogP contribution < -0.4 is 5.32 Å². The van der Waals surface area contributed by atoms with Crippen LogP contribution in [0.2, 0.25) is 0 Å². The van der Waals surface area contributed by atoms with E-state index in [0.717, 1.165) is 6.07 Å². The summed E-state index contributed by atoms with van der Waals surface area (Å²) >= 11 is 0. The van der Waals surface area contributed by atoms with Crippen molar-refractivity contribution in [2.24, 2.45) is 0 Å². The van der Waals surface area contributed by atoms with Gasteiger partial charge in [-0.3, -0.25) is 0 Å². The van der Waals surface area contributed by atoms with E-state index in [1.807, 2.05) is 32.8 Å². The molecule has 21 heavy (non-hydrogen) atoms. The molecular formula is C13H18F3N5. The van der Waals surface area contributed by atoms with Crippen LogP contribution in [0.1, 0.15) is 19.5 Å². The Labute approximate surface area is 120 Å². The van der Waals surface area contributed by atoms with Gasteiger partial charge in [-0.05, 0) is 27.9 Å². The first kappa shape index (κ1) is 15.6. The molecule has 0 spiro atoms. The summed E-state index contributed by atoms with van der Waals surface area (Å²) < 4.78 is 39.3. The van der Waals surface area contributed by atoms with Crippen molar-refractivity contribution in [3.63, 3.8) is 0 Å². The molecule has 2 heterocycles. The quantitative estimate of drug-likeness (QED) is 0.942. The summed E-state index contributed by atoms with van der Waals surface area (Å²) in [4.78, 5) is 6.13. The van der Waals surface area contributed by atoms with Crippen molar-refractivity contribution in [2.45, 2.75) is 25.6 Å². The van der Waals surface area contributed by atoms with Crippen LogP contribution in [0.4, 0.5) is 19.0 Å². The lowest BCUT2D eigenvalue weighted by Crippen LogP contribution is -2.44. The zero-order valence-corrected chi connectivity index (χ0v) is 12.4. The van der Waals surface area contributed by atoms with E-state index >= 15 is 0 Å². The van der Waals surface area contributed by atoms with E-state index in [0.29, 0.717) is 17.9 Å². The van der Waals surface area contributed by atoms with Crippen molar-refractivity contribution >= 4 is 11.3 Å². The summed E-state index contributed by atoms with van der Waals surface area (Å²) in [5.74, 6) is 0.385. The fourth-order valence-electron chi connectivity index (χ4n) is 1.65. The number of fused-ring (bicyclic) bond motifs is 1. The number of halogens is 3. The van der Waals surface area contributed by atoms with Crippen molar-refractivity contribution in [1.82, 2.24) is 19.5 Å². The van der Waals surface area contributed by atoms with Crippen LogP contribution in [0.3, 0.4) is 0 Å². The maximum absolute atomic E-state index is 12.7. The Morgan fingerprint density at radius 1 is 1.29 bits per heavy atom. The van der Waals surface area contributed by atoms with E-state index < -0.39 is 11.9 Å². The summed E-state index contributed by atoms with van der Waals surface area (Å²) in [7, 11) is 3.88. The lowest BCUT2D eigenvalue weighted by Gasteiger charge is -2.32. The molecule has 2 aromatic heterocycles. The molecule has 0 saturated carbocycles. The Hall–Kier alpha value is -1.83. The normalized spacial score (nSPS) is 13.1. The summed E-state index contributed by atoms with van der Waals surface area (Å²) in [6.07, 6.45) is -1.65. The predicted molar refractivity (Wildman–Crippen MR) is 74.2 cm³/mol. The molecule has 0 aliphatic rings. The second-order valence-corrected chi connectivity index (χ2v) is 5.69. The zero-order chi connectivity index (χ0) is 15.8. The van der Waals surface area contributed by atoms with Crippen LogP contribution in [0.25, 0.3) is 5.52 Å². The smallest absolute Gasteiger partial charge is 0.366 e. The Balaban J connectivity index is 2.31. The van der Waals surface area contributed by atoms with Crippen LogP contribution in [0, 0.1) is 0 Å². The highest BCUT2D eigenvalue weighted by molar-refractivity contribution is 5.68. The number of hydrogen-bond acceptors (Lipinski definition) is 4. The van der Waals surface area contributed by atoms with Gasteiger partial charge >= 0.3 is 6.18 Å². The molecule has 0 fully saturated rings. The second-order valence-electron chi connectivity index (χ2n) is 5.69. The molecule has 0 atom stereocenters. The second kappa shape index (κ2) is 5.18. The highest BCUT2D eigenvalue weighted by atomic mass is 19.4. The van der Waals surface area contributed by atoms with E-state index in [4.69, 9.17) is 0 Å². The zero-order valence-electron chi connectivity index (χ0n) is 12.4. The number of anilines is 1. The van der Waals surface area contributed by atoms with Crippen LogP contribution in [-0.2, 0) is 6.18 Å². The minimum absolute atomic E-state index is 0.165. The predicted octanol–water partition coefficient (Wildman–Crippen LogP) is 2.50. The van der Waals surface area contributed by atoms with Gasteiger partial charge in [0.2, 0.25) is 0 Å². The van der Waals surface area contributed by atoms with Gasteiger partial charge in [0.25, 0.3) is 0 Å². The Bertz CT molecular complexity index is 630. The molecule has 0 amide bonds. The topological polar surface area (TPSA) is 45.5 Å². The molecule has 0 unspecified atom stereocenters. The summed E-state index contributed by atoms with van der Waals surface area (Å²) in [6, 6.07) is 0.998. The molecule has 2 rings (SSSR count). The van der Waals surface area contributed by atoms with Gasteiger partial charge in [-0.15, -0.1) is 0 Å². The third-order valence-electron chi connectivity index (χ3n) is 3.58. The third kappa shape index (κ3) is 3.26. The van der Waals surface area contributed by atoms with Gasteiger partial charge in [-0.1, -0.05) is 0 Å². The van der Waals surface area contributed by atoms with Gasteiger partial charge in [0.1, 0.15) is 5.52 Å². The molecular weight excluding hydrogens is 283 g/mol. The van der Waals surface area contributed by atoms with E-state index in [1.54, 1.807) is 0 Å². The molecule has 116 valence electrons. The lowest BCUT2D eigenvalue weighted by atomic mass is 10.0. The maximum atomic E-state index is 12.7. The summed E-state index contributed by atoms with van der Waals surface area (Å²) in [5.41, 5.74) is -0.786. The van der Waals surface area contributed by atoms with Crippen molar-refractivity contribution in [2.75, 3.05) is 26.0 Å². The third-order valence-corrected chi connectivity index (χ3v) is 3.58. The Morgan fingerprint density at radius 2 is 1.95 bits per heavy atom. The summed E-state index contributed by atoms with van der Waals surface area (Å²) in [5, 5.41) is 6.62. The van der Waals surface area contributed by atoms with Gasteiger partial charge in [-0.25, -0.2) is 9.50 Å². The molecule has 0 radical (unpaired) electrons. The molecule has 1 N–H and O–H groups in total. The SMILES string of the molecule is CN(C)C(C)(C)CNc1nccn2nc(C(F)(F)F)cc12. The molecule has 5 nitrogen and oxygen atoms in total. The average molecular weight is 301 g/mol. The Morgan fingerprint density at radius 3 is 2.52 bits per heavy atom. The summed E-state index contributed by atoms with van der Waals surface area (Å²) in [6.45, 7) is 4.59. The largest absolute Gasteiger partial charge is 0.435 e. The Kier molecular flexibility index (Phi) is 3.83. The number of rotatable bonds is 4. The van der Waals surface area contributed by atoms with E-state index in [2.05, 4.69) is 15.4 Å². The minimum atomic E-state index is -4.47. The van der Waals surface area contributed by atoms with E-state index in [9.17, 15) is 13.2 Å². The molecule has 0 aromatic carbocycles. The van der Waals surface area contributed by atoms with Crippen molar-refractivity contribution in [3.8, 4) is 0 Å². The average Bonchev–Trinajstić information content (AvgIpc) is 2.80. The minimum Gasteiger partial charge on any atom is -0.366 e. The monoisotopic (exact) mass is 301 g/mol. The first-order valence-electron chi connectivity index (χ1n) is 6.44. The first-order chi connectivity index (χ1) is 9.61. The molecule has 0 aliphatic heterocycles. The van der Waals surface area contributed by atoms with Crippen LogP contribution in [0.15, 0.2) is 18.5 Å². The standard InChI is InChI=1S/C13H18F3N5/c1-12(2,20(3)4)8-18-11-9-7-10(13(14,15)16)19-21(9)6-5-17-11/h5-7H,8H2,1-4H3,(H,17,18). The van der Waals surface area contributed by atoms with Gasteiger partial charge in [0.05, 0.1) is 0 Å². The van der Waals surface area contributed by atoms with Gasteiger partial charge in [-0.2, -0.15) is 18.3 Å². The molecule has 2 aromatic rings. The lowest BCUT2D eigenvalue weighted by molar-refractivity contribution is -0.141. The number of likely N-dealkylation sites (N-methyl/N-ethyl adjacent to an activating group) is 1. The van der Waals surface area contributed by atoms with E-state index in [-0.39, 0.29) is 5.54 Å². The van der Waals surface area contributed by atoms with Crippen molar-refractivity contribution in [1.29, 1.82) is 0 Å². The number of alkyl halides is 3. The van der Waals surface area contributed by atoms with Crippen molar-refractivity contribution in [3.05, 3.63) is 24.2 Å². The fraction of sp³-hybridized carbons (Fsp3) is 0.538. The molecule has 0 bridgehead atoms. The highest BCUT2D eigenvalue weighted by Gasteiger charge is 2.34. The molecule has 0 aliphatic carbocycles. The van der Waals surface area contributed by atoms with Crippen LogP contribution in [-0.4, -0.2) is 45.7 Å². The maximum Gasteiger partial charge on any atom is 0.435 e. The fourth-order valence-corrected chi connectivity index (χ4v) is 1.65. The molecule has 0 saturated heterocycles. The van der Waals surface area contributed by atoms with Gasteiger partial charge in [0.15, 0.2) is 11.5 Å². The number of nitrogens with zero attached hydrogens (tertiary/aromatic N) is 4. The number of nitrogens with one attached hydrogen (secondary N) is 1. The number of aromatic nitrogens is 3. The van der Waals surface area contributed by atoms with Gasteiger partial charge in [0, 0.05) is 30.5 Å². The first-order valence-corrected chi connectivity index (χ1v) is 6.44. The van der Waals surface area contributed by atoms with Gasteiger partial charge < -0.3 is 10.2 Å².